The fraction of sp³-hybridized carbons (Fsp3) is 0.0833. The van der Waals surface area contributed by atoms with E-state index in [1.54, 1.807) is 0 Å². The quantitative estimate of drug-likeness (QED) is 0.819. The van der Waals surface area contributed by atoms with Crippen LogP contribution >= 0.6 is 0 Å². The van der Waals surface area contributed by atoms with Gasteiger partial charge in [-0.15, -0.1) is 0 Å². The third-order valence-electron chi connectivity index (χ3n) is 2.30. The number of aromatic nitrogens is 2. The number of aromatic hydroxyl groups is 1. The van der Waals surface area contributed by atoms with Gasteiger partial charge in [0.2, 0.25) is 0 Å². The van der Waals surface area contributed by atoms with E-state index in [-0.39, 0.29) is 22.7 Å². The van der Waals surface area contributed by atoms with Crippen LogP contribution < -0.4 is 4.84 Å². The zero-order valence-corrected chi connectivity index (χ0v) is 9.53. The molecule has 6 nitrogen and oxygen atoms in total. The van der Waals surface area contributed by atoms with Crippen molar-refractivity contribution in [3.05, 3.63) is 48.0 Å². The maximum Gasteiger partial charge on any atom is 0.367 e. The van der Waals surface area contributed by atoms with Crippen molar-refractivity contribution in [2.75, 3.05) is 0 Å². The number of Topliss-reactive ketones (excluding diaryl/α,β-unsaturated/α-hetero) is 1. The molecule has 0 radical (unpaired) electrons. The Balaban J connectivity index is 2.31. The highest BCUT2D eigenvalue weighted by Gasteiger charge is 2.18. The molecule has 1 heterocycles. The SMILES string of the molecule is CC(=O)c1cccc(C(=O)On2ccnc2)c1O. The lowest BCUT2D eigenvalue weighted by atomic mass is 10.1. The standard InChI is InChI=1S/C12H10N2O4/c1-8(15)9-3-2-4-10(11(9)16)12(17)18-14-6-5-13-7-14/h2-7,16H,1H3. The average molecular weight is 246 g/mol. The summed E-state index contributed by atoms with van der Waals surface area (Å²) in [5.74, 6) is -1.48. The van der Waals surface area contributed by atoms with Crippen LogP contribution in [0.2, 0.25) is 0 Å². The first-order valence-corrected chi connectivity index (χ1v) is 5.13. The molecule has 2 aromatic rings. The maximum atomic E-state index is 11.8. The Morgan fingerprint density at radius 2 is 2.06 bits per heavy atom. The van der Waals surface area contributed by atoms with E-state index in [9.17, 15) is 14.7 Å². The number of nitrogens with zero attached hydrogens (tertiary/aromatic N) is 2. The van der Waals surface area contributed by atoms with Crippen LogP contribution in [0.15, 0.2) is 36.9 Å². The van der Waals surface area contributed by atoms with E-state index in [1.165, 1.54) is 43.8 Å². The molecule has 0 fully saturated rings. The van der Waals surface area contributed by atoms with Gasteiger partial charge in [-0.05, 0) is 19.1 Å². The summed E-state index contributed by atoms with van der Waals surface area (Å²) in [7, 11) is 0. The van der Waals surface area contributed by atoms with E-state index in [2.05, 4.69) is 4.98 Å². The second-order valence-electron chi connectivity index (χ2n) is 3.56. The molecule has 0 saturated carbocycles. The monoisotopic (exact) mass is 246 g/mol. The number of rotatable bonds is 3. The van der Waals surface area contributed by atoms with Crippen molar-refractivity contribution in [3.8, 4) is 5.75 Å². The lowest BCUT2D eigenvalue weighted by Crippen LogP contribution is -2.19. The number of carbonyl (C=O) groups excluding carboxylic acids is 2. The minimum absolute atomic E-state index is 0.0728. The van der Waals surface area contributed by atoms with Crippen molar-refractivity contribution in [1.82, 2.24) is 9.71 Å². The van der Waals surface area contributed by atoms with Crippen LogP contribution in [0.1, 0.15) is 27.6 Å². The molecule has 0 aliphatic rings. The molecule has 0 atom stereocenters. The Kier molecular flexibility index (Phi) is 3.09. The number of para-hydroxylation sites is 1. The van der Waals surface area contributed by atoms with Gasteiger partial charge in [-0.3, -0.25) is 4.79 Å². The van der Waals surface area contributed by atoms with Crippen LogP contribution in [0.3, 0.4) is 0 Å². The van der Waals surface area contributed by atoms with Crippen molar-refractivity contribution in [2.24, 2.45) is 0 Å². The Morgan fingerprint density at radius 3 is 2.67 bits per heavy atom. The number of phenols is 1. The van der Waals surface area contributed by atoms with E-state index < -0.39 is 5.97 Å². The van der Waals surface area contributed by atoms with Crippen LogP contribution in [-0.4, -0.2) is 26.6 Å². The highest BCUT2D eigenvalue weighted by molar-refractivity contribution is 6.02. The average Bonchev–Trinajstić information content (AvgIpc) is 2.81. The molecule has 1 N–H and O–H groups in total. The number of hydrogen-bond acceptors (Lipinski definition) is 5. The molecule has 92 valence electrons. The number of carbonyl (C=O) groups is 2. The minimum atomic E-state index is -0.770. The largest absolute Gasteiger partial charge is 0.506 e. The molecule has 0 amide bonds. The van der Waals surface area contributed by atoms with Crippen molar-refractivity contribution in [3.63, 3.8) is 0 Å². The van der Waals surface area contributed by atoms with Crippen LogP contribution in [0, 0.1) is 0 Å². The Labute approximate surface area is 102 Å². The van der Waals surface area contributed by atoms with Crippen molar-refractivity contribution in [1.29, 1.82) is 0 Å². The summed E-state index contributed by atoms with van der Waals surface area (Å²) < 4.78 is 1.10. The van der Waals surface area contributed by atoms with Crippen LogP contribution in [0.4, 0.5) is 0 Å². The van der Waals surface area contributed by atoms with Gasteiger partial charge >= 0.3 is 5.97 Å². The minimum Gasteiger partial charge on any atom is -0.506 e. The van der Waals surface area contributed by atoms with E-state index in [4.69, 9.17) is 4.84 Å². The predicted molar refractivity (Wildman–Crippen MR) is 61.2 cm³/mol. The molecule has 2 rings (SSSR count). The summed E-state index contributed by atoms with van der Waals surface area (Å²) in [4.78, 5) is 31.6. The smallest absolute Gasteiger partial charge is 0.367 e. The molecule has 0 aliphatic carbocycles. The highest BCUT2D eigenvalue weighted by atomic mass is 16.7. The van der Waals surface area contributed by atoms with Crippen molar-refractivity contribution in [2.45, 2.75) is 6.92 Å². The van der Waals surface area contributed by atoms with Crippen LogP contribution in [-0.2, 0) is 0 Å². The van der Waals surface area contributed by atoms with Crippen LogP contribution in [0.5, 0.6) is 5.75 Å². The summed E-state index contributed by atoms with van der Waals surface area (Å²) in [6, 6.07) is 4.31. The summed E-state index contributed by atoms with van der Waals surface area (Å²) >= 11 is 0. The highest BCUT2D eigenvalue weighted by Crippen LogP contribution is 2.23. The fourth-order valence-corrected chi connectivity index (χ4v) is 1.44. The third-order valence-corrected chi connectivity index (χ3v) is 2.30. The van der Waals surface area contributed by atoms with E-state index in [0.717, 1.165) is 4.73 Å². The van der Waals surface area contributed by atoms with Gasteiger partial charge in [-0.2, -0.15) is 4.73 Å². The lowest BCUT2D eigenvalue weighted by molar-refractivity contribution is 0.0457. The first-order chi connectivity index (χ1) is 8.59. The summed E-state index contributed by atoms with van der Waals surface area (Å²) in [6.45, 7) is 1.31. The summed E-state index contributed by atoms with van der Waals surface area (Å²) in [5.41, 5.74) is 0.00600. The third kappa shape index (κ3) is 2.22. The molecule has 0 saturated heterocycles. The lowest BCUT2D eigenvalue weighted by Gasteiger charge is -2.07. The van der Waals surface area contributed by atoms with Gasteiger partial charge in [0.15, 0.2) is 5.78 Å². The molecule has 18 heavy (non-hydrogen) atoms. The normalized spacial score (nSPS) is 10.1. The zero-order valence-electron chi connectivity index (χ0n) is 9.53. The van der Waals surface area contributed by atoms with Crippen molar-refractivity contribution >= 4 is 11.8 Å². The second kappa shape index (κ2) is 4.70. The molecule has 0 bridgehead atoms. The number of ketones is 1. The van der Waals surface area contributed by atoms with Gasteiger partial charge in [0, 0.05) is 6.20 Å². The van der Waals surface area contributed by atoms with Gasteiger partial charge in [-0.1, -0.05) is 6.07 Å². The van der Waals surface area contributed by atoms with Crippen LogP contribution in [0.25, 0.3) is 0 Å². The fourth-order valence-electron chi connectivity index (χ4n) is 1.44. The molecule has 1 aromatic carbocycles. The molecule has 0 spiro atoms. The van der Waals surface area contributed by atoms with E-state index in [1.807, 2.05) is 0 Å². The van der Waals surface area contributed by atoms with Gasteiger partial charge in [0.05, 0.1) is 11.8 Å². The summed E-state index contributed by atoms with van der Waals surface area (Å²) in [5, 5.41) is 9.81. The molecule has 1 aromatic heterocycles. The van der Waals surface area contributed by atoms with Gasteiger partial charge in [0.1, 0.15) is 17.6 Å². The number of hydrogen-bond donors (Lipinski definition) is 1. The molecular formula is C12H10N2O4. The van der Waals surface area contributed by atoms with Gasteiger partial charge in [-0.25, -0.2) is 9.78 Å². The van der Waals surface area contributed by atoms with E-state index >= 15 is 0 Å². The molecule has 0 aliphatic heterocycles. The topological polar surface area (TPSA) is 81.4 Å². The first-order valence-electron chi connectivity index (χ1n) is 5.13. The van der Waals surface area contributed by atoms with Crippen molar-refractivity contribution < 1.29 is 19.5 Å². The predicted octanol–water partition coefficient (Wildman–Crippen LogP) is 1.06. The Hall–Kier alpha value is -2.63. The second-order valence-corrected chi connectivity index (χ2v) is 3.56. The first kappa shape index (κ1) is 11.8. The zero-order chi connectivity index (χ0) is 13.1. The van der Waals surface area contributed by atoms with Gasteiger partial charge in [0.25, 0.3) is 0 Å². The summed E-state index contributed by atoms with van der Waals surface area (Å²) in [6.07, 6.45) is 4.17. The van der Waals surface area contributed by atoms with Gasteiger partial charge < -0.3 is 9.94 Å². The maximum absolute atomic E-state index is 11.8. The molecule has 0 unspecified atom stereocenters. The number of phenolic OH excluding ortho intramolecular Hbond substituents is 1. The number of imidazole rings is 1. The molecule has 6 heteroatoms. The Bertz CT molecular complexity index is 590. The number of benzene rings is 1. The Morgan fingerprint density at radius 1 is 1.33 bits per heavy atom. The van der Waals surface area contributed by atoms with E-state index in [0.29, 0.717) is 0 Å². The molecular weight excluding hydrogens is 236 g/mol.